The molecule has 2 aliphatic heterocycles. The predicted molar refractivity (Wildman–Crippen MR) is 356 cm³/mol. The fraction of sp³-hybridized carbons (Fsp3) is 0.587. The van der Waals surface area contributed by atoms with Gasteiger partial charge >= 0.3 is 0 Å². The topological polar surface area (TPSA) is 519 Å². The van der Waals surface area contributed by atoms with Gasteiger partial charge in [-0.2, -0.15) is 11.8 Å². The number of likely N-dealkylation sites (tertiary alicyclic amines) is 2. The number of benzene rings is 2. The number of rotatable bonds is 42. The van der Waals surface area contributed by atoms with Crippen LogP contribution < -0.4 is 82.7 Å². The van der Waals surface area contributed by atoms with Crippen molar-refractivity contribution in [1.82, 2.24) is 52.3 Å². The van der Waals surface area contributed by atoms with Crippen LogP contribution in [-0.4, -0.2) is 198 Å². The number of nitrogens with zero attached hydrogens (tertiary/aromatic N) is 3. The molecule has 31 nitrogen and oxygen atoms in total. The molecule has 4 rings (SSSR count). The fourth-order valence-electron chi connectivity index (χ4n) is 11.0. The highest BCUT2D eigenvalue weighted by Gasteiger charge is 2.42. The third-order valence-electron chi connectivity index (χ3n) is 16.0. The van der Waals surface area contributed by atoms with E-state index in [-0.39, 0.29) is 83.0 Å². The van der Waals surface area contributed by atoms with Gasteiger partial charge < -0.3 is 92.5 Å². The van der Waals surface area contributed by atoms with Crippen molar-refractivity contribution in [3.63, 3.8) is 0 Å². The number of carbonyl (C=O) groups is 13. The molecule has 0 unspecified atom stereocenters. The van der Waals surface area contributed by atoms with Crippen LogP contribution in [0.15, 0.2) is 65.7 Å². The summed E-state index contributed by atoms with van der Waals surface area (Å²) in [7, 11) is 0. The minimum Gasteiger partial charge on any atom is -0.370 e. The molecule has 10 atom stereocenters. The van der Waals surface area contributed by atoms with Gasteiger partial charge in [-0.25, -0.2) is 0 Å². The number of unbranched alkanes of at least 4 members (excludes halogenated alkanes) is 1. The van der Waals surface area contributed by atoms with Crippen LogP contribution >= 0.6 is 11.8 Å². The Labute approximate surface area is 558 Å². The lowest BCUT2D eigenvalue weighted by atomic mass is 10.0. The average Bonchev–Trinajstić information content (AvgIpc) is 1.74. The molecule has 524 valence electrons. The molecule has 0 aliphatic carbocycles. The van der Waals surface area contributed by atoms with E-state index in [1.165, 1.54) is 21.6 Å². The van der Waals surface area contributed by atoms with E-state index in [9.17, 15) is 62.3 Å². The van der Waals surface area contributed by atoms with Gasteiger partial charge in [-0.05, 0) is 119 Å². The van der Waals surface area contributed by atoms with Gasteiger partial charge in [0.2, 0.25) is 76.8 Å². The van der Waals surface area contributed by atoms with Crippen molar-refractivity contribution in [1.29, 1.82) is 0 Å². The largest absolute Gasteiger partial charge is 0.370 e. The standard InChI is InChI=1S/C63H98N18O13S/c1-37(2)33-45(57(89)74-41(53(68)85)27-32-95-3)73-52(84)36-72-54(86)46(34-38-15-6-4-7-16-38)78-58(90)47(35-39-17-8-5-9-18-39)79-56(88)42(23-25-50(66)82)75-55(87)43(24-26-51(67)83)76-59(91)49-22-14-31-81(49)62(94)44(20-10-11-28-64)77-60(92)48-21-13-30-80(48)61(93)40(65)19-12-29-71-63(69)70/h4-9,15-18,37,40-49H,10-14,19-36,64-65H2,1-3H3,(H2,66,82)(H2,67,83)(H2,68,85)(H,72,86)(H,73,84)(H,74,89)(H,75,87)(H,76,91)(H,77,92)(H,78,90)(H,79,88)(H4,69,70,71)/t40-,41-,42-,43-,44+,45+,46+,47+,48-,49-/m0/s1. The first kappa shape index (κ1) is 78.5. The Balaban J connectivity index is 1.56. The van der Waals surface area contributed by atoms with E-state index < -0.39 is 169 Å². The lowest BCUT2D eigenvalue weighted by Crippen LogP contribution is -2.60. The van der Waals surface area contributed by atoms with Crippen molar-refractivity contribution in [2.24, 2.45) is 51.0 Å². The number of aliphatic imine (C=N–C) groups is 1. The molecule has 2 aromatic carbocycles. The molecule has 2 aromatic rings. The molecule has 0 radical (unpaired) electrons. The molecular formula is C63H98N18O13S. The second kappa shape index (κ2) is 41.0. The maximum Gasteiger partial charge on any atom is 0.245 e. The van der Waals surface area contributed by atoms with Crippen LogP contribution in [0.2, 0.25) is 0 Å². The van der Waals surface area contributed by atoms with Crippen LogP contribution in [0.3, 0.4) is 0 Å². The Morgan fingerprint density at radius 2 is 1.01 bits per heavy atom. The SMILES string of the molecule is CSCC[C@H](NC(=O)[C@@H](CC(C)C)NC(=O)CNC(=O)[C@@H](Cc1ccccc1)NC(=O)[C@@H](Cc1ccccc1)NC(=O)[C@H](CCC(N)=O)NC(=O)[C@H](CCC(N)=O)NC(=O)[C@@H]1CCCN1C(=O)[C@@H](CCCCN)NC(=O)[C@@H]1CCCN1C(=O)[C@@H](N)CCCN=C(N)N)C(N)=O. The quantitative estimate of drug-likeness (QED) is 0.0173. The van der Waals surface area contributed by atoms with E-state index in [0.717, 1.165) is 0 Å². The van der Waals surface area contributed by atoms with E-state index in [2.05, 4.69) is 47.5 Å². The molecule has 13 amide bonds. The van der Waals surface area contributed by atoms with Crippen molar-refractivity contribution in [3.05, 3.63) is 71.8 Å². The Kier molecular flexibility index (Phi) is 33.9. The number of thioether (sulfide) groups is 1. The Bertz CT molecular complexity index is 2960. The zero-order valence-electron chi connectivity index (χ0n) is 54.5. The van der Waals surface area contributed by atoms with Crippen LogP contribution in [0.1, 0.15) is 121 Å². The van der Waals surface area contributed by atoms with E-state index in [0.29, 0.717) is 55.4 Å². The zero-order valence-corrected chi connectivity index (χ0v) is 55.3. The summed E-state index contributed by atoms with van der Waals surface area (Å²) in [5.41, 5.74) is 40.6. The number of hydrogen-bond acceptors (Lipinski definition) is 17. The Hall–Kier alpha value is -8.91. The van der Waals surface area contributed by atoms with Crippen molar-refractivity contribution >= 4 is 94.5 Å². The first-order chi connectivity index (χ1) is 45.2. The summed E-state index contributed by atoms with van der Waals surface area (Å²) >= 11 is 1.45. The molecule has 32 heteroatoms. The lowest BCUT2D eigenvalue weighted by Gasteiger charge is -2.32. The molecular weight excluding hydrogens is 1250 g/mol. The number of primary amides is 3. The summed E-state index contributed by atoms with van der Waals surface area (Å²) in [4.78, 5) is 185. The highest BCUT2D eigenvalue weighted by atomic mass is 32.2. The molecule has 2 aliphatic rings. The normalized spacial score (nSPS) is 16.8. The smallest absolute Gasteiger partial charge is 0.245 e. The fourth-order valence-corrected chi connectivity index (χ4v) is 11.5. The minimum absolute atomic E-state index is 0.0736. The van der Waals surface area contributed by atoms with Gasteiger partial charge in [0.25, 0.3) is 0 Å². The first-order valence-electron chi connectivity index (χ1n) is 32.2. The maximum atomic E-state index is 14.7. The first-order valence-corrected chi connectivity index (χ1v) is 33.6. The van der Waals surface area contributed by atoms with Crippen LogP contribution in [0.5, 0.6) is 0 Å². The predicted octanol–water partition coefficient (Wildman–Crippen LogP) is -3.71. The highest BCUT2D eigenvalue weighted by Crippen LogP contribution is 2.24. The zero-order chi connectivity index (χ0) is 70.1. The summed E-state index contributed by atoms with van der Waals surface area (Å²) in [6, 6.07) is 4.51. The van der Waals surface area contributed by atoms with Gasteiger partial charge in [-0.15, -0.1) is 0 Å². The van der Waals surface area contributed by atoms with E-state index >= 15 is 0 Å². The molecule has 2 fully saturated rings. The molecule has 0 spiro atoms. The van der Waals surface area contributed by atoms with E-state index in [1.54, 1.807) is 60.7 Å². The van der Waals surface area contributed by atoms with Gasteiger partial charge in [-0.3, -0.25) is 67.3 Å². The van der Waals surface area contributed by atoms with E-state index in [4.69, 9.17) is 40.1 Å². The summed E-state index contributed by atoms with van der Waals surface area (Å²) in [5, 5.41) is 21.1. The maximum absolute atomic E-state index is 14.7. The average molecular weight is 1350 g/mol. The third kappa shape index (κ3) is 27.5. The molecule has 2 saturated heterocycles. The van der Waals surface area contributed by atoms with Crippen LogP contribution in [0.25, 0.3) is 0 Å². The van der Waals surface area contributed by atoms with Gasteiger partial charge in [-0.1, -0.05) is 74.5 Å². The molecule has 95 heavy (non-hydrogen) atoms. The van der Waals surface area contributed by atoms with Gasteiger partial charge in [0.1, 0.15) is 54.4 Å². The van der Waals surface area contributed by atoms with Gasteiger partial charge in [0, 0.05) is 45.3 Å². The Morgan fingerprint density at radius 1 is 0.537 bits per heavy atom. The summed E-state index contributed by atoms with van der Waals surface area (Å²) in [6.45, 7) is 3.86. The van der Waals surface area contributed by atoms with Gasteiger partial charge in [0.15, 0.2) is 5.96 Å². The number of hydrogen-bond donors (Lipinski definition) is 15. The number of carbonyl (C=O) groups excluding carboxylic acids is 13. The molecule has 0 saturated carbocycles. The summed E-state index contributed by atoms with van der Waals surface area (Å²) in [5.74, 6) is -9.80. The van der Waals surface area contributed by atoms with Crippen LogP contribution in [-0.2, 0) is 75.2 Å². The lowest BCUT2D eigenvalue weighted by molar-refractivity contribution is -0.144. The Morgan fingerprint density at radius 3 is 1.51 bits per heavy atom. The molecule has 22 N–H and O–H groups in total. The van der Waals surface area contributed by atoms with Crippen LogP contribution in [0, 0.1) is 5.92 Å². The summed E-state index contributed by atoms with van der Waals surface area (Å²) in [6.07, 6.45) is 3.12. The number of nitrogens with two attached hydrogens (primary N) is 7. The monoisotopic (exact) mass is 1350 g/mol. The second-order valence-corrected chi connectivity index (χ2v) is 25.1. The summed E-state index contributed by atoms with van der Waals surface area (Å²) < 4.78 is 0. The number of amides is 13. The number of guanidine groups is 1. The molecule has 0 aromatic heterocycles. The van der Waals surface area contributed by atoms with Crippen molar-refractivity contribution in [3.8, 4) is 0 Å². The highest BCUT2D eigenvalue weighted by molar-refractivity contribution is 7.98. The number of nitrogens with one attached hydrogen (secondary N) is 8. The van der Waals surface area contributed by atoms with Gasteiger partial charge in [0.05, 0.1) is 12.6 Å². The second-order valence-electron chi connectivity index (χ2n) is 24.1. The molecule has 0 bridgehead atoms. The van der Waals surface area contributed by atoms with Crippen molar-refractivity contribution < 1.29 is 62.3 Å². The third-order valence-corrected chi connectivity index (χ3v) is 16.7. The molecule has 2 heterocycles. The van der Waals surface area contributed by atoms with Crippen molar-refractivity contribution in [2.75, 3.05) is 44.7 Å². The minimum atomic E-state index is -1.64. The van der Waals surface area contributed by atoms with Crippen molar-refractivity contribution in [2.45, 2.75) is 183 Å². The van der Waals surface area contributed by atoms with Crippen LogP contribution in [0.4, 0.5) is 0 Å². The van der Waals surface area contributed by atoms with E-state index in [1.807, 2.05) is 20.1 Å².